The molecule has 0 saturated heterocycles. The van der Waals surface area contributed by atoms with Gasteiger partial charge in [-0.2, -0.15) is 0 Å². The number of rotatable bonds is 8. The number of nitrogens with two attached hydrogens (primary N) is 1. The molecular formula is C13H18N2O5. The molecule has 0 unspecified atom stereocenters. The van der Waals surface area contributed by atoms with Crippen molar-refractivity contribution in [3.05, 3.63) is 33.9 Å². The van der Waals surface area contributed by atoms with Gasteiger partial charge in [0.05, 0.1) is 11.5 Å². The highest BCUT2D eigenvalue weighted by Crippen LogP contribution is 2.27. The van der Waals surface area contributed by atoms with E-state index in [0.29, 0.717) is 12.2 Å². The molecule has 0 heterocycles. The minimum absolute atomic E-state index is 0.0274. The number of ether oxygens (including phenoxy) is 2. The van der Waals surface area contributed by atoms with E-state index in [1.165, 1.54) is 12.1 Å². The van der Waals surface area contributed by atoms with Gasteiger partial charge in [0.15, 0.2) is 12.4 Å². The lowest BCUT2D eigenvalue weighted by Crippen LogP contribution is -2.16. The second kappa shape index (κ2) is 8.11. The summed E-state index contributed by atoms with van der Waals surface area (Å²) < 4.78 is 10.0. The van der Waals surface area contributed by atoms with E-state index in [1.54, 1.807) is 6.07 Å². The molecule has 0 fully saturated rings. The SMILES string of the molecule is CCCCOC(=O)COc1ccc(CN)cc1[N+](=O)[O-]. The third kappa shape index (κ3) is 4.85. The van der Waals surface area contributed by atoms with Gasteiger partial charge in [0.1, 0.15) is 0 Å². The maximum absolute atomic E-state index is 11.4. The van der Waals surface area contributed by atoms with Crippen molar-refractivity contribution in [3.63, 3.8) is 0 Å². The molecule has 1 aromatic carbocycles. The first kappa shape index (κ1) is 15.9. The van der Waals surface area contributed by atoms with Crippen LogP contribution in [0.25, 0.3) is 0 Å². The molecule has 0 amide bonds. The zero-order valence-electron chi connectivity index (χ0n) is 11.3. The fourth-order valence-corrected chi connectivity index (χ4v) is 1.46. The van der Waals surface area contributed by atoms with Gasteiger partial charge in [-0.15, -0.1) is 0 Å². The Morgan fingerprint density at radius 1 is 1.45 bits per heavy atom. The van der Waals surface area contributed by atoms with E-state index in [4.69, 9.17) is 15.2 Å². The molecule has 0 aliphatic rings. The van der Waals surface area contributed by atoms with Gasteiger partial charge < -0.3 is 15.2 Å². The van der Waals surface area contributed by atoms with Gasteiger partial charge >= 0.3 is 11.7 Å². The summed E-state index contributed by atoms with van der Waals surface area (Å²) in [6, 6.07) is 4.38. The van der Waals surface area contributed by atoms with Crippen LogP contribution in [0.3, 0.4) is 0 Å². The number of unbranched alkanes of at least 4 members (excludes halogenated alkanes) is 1. The van der Waals surface area contributed by atoms with Crippen molar-refractivity contribution >= 4 is 11.7 Å². The average molecular weight is 282 g/mol. The van der Waals surface area contributed by atoms with Gasteiger partial charge in [-0.3, -0.25) is 10.1 Å². The lowest BCUT2D eigenvalue weighted by Gasteiger charge is -2.08. The maximum atomic E-state index is 11.4. The molecule has 1 aromatic rings. The maximum Gasteiger partial charge on any atom is 0.344 e. The van der Waals surface area contributed by atoms with Gasteiger partial charge in [0.2, 0.25) is 0 Å². The second-order valence-electron chi connectivity index (χ2n) is 4.13. The van der Waals surface area contributed by atoms with Crippen molar-refractivity contribution in [2.75, 3.05) is 13.2 Å². The summed E-state index contributed by atoms with van der Waals surface area (Å²) in [4.78, 5) is 21.7. The number of hydrogen-bond acceptors (Lipinski definition) is 6. The molecule has 0 bridgehead atoms. The molecule has 7 heteroatoms. The Kier molecular flexibility index (Phi) is 6.45. The van der Waals surface area contributed by atoms with E-state index >= 15 is 0 Å². The minimum Gasteiger partial charge on any atom is -0.475 e. The van der Waals surface area contributed by atoms with Crippen LogP contribution in [0.4, 0.5) is 5.69 Å². The third-order valence-electron chi connectivity index (χ3n) is 2.56. The Hall–Kier alpha value is -2.15. The van der Waals surface area contributed by atoms with Crippen LogP contribution in [0.15, 0.2) is 18.2 Å². The van der Waals surface area contributed by atoms with Crippen molar-refractivity contribution in [2.24, 2.45) is 5.73 Å². The van der Waals surface area contributed by atoms with Crippen molar-refractivity contribution in [3.8, 4) is 5.75 Å². The molecule has 0 aliphatic carbocycles. The van der Waals surface area contributed by atoms with Crippen LogP contribution in [-0.2, 0) is 16.1 Å². The number of carbonyl (C=O) groups is 1. The van der Waals surface area contributed by atoms with Crippen LogP contribution in [0.1, 0.15) is 25.3 Å². The van der Waals surface area contributed by atoms with E-state index in [9.17, 15) is 14.9 Å². The van der Waals surface area contributed by atoms with Gasteiger partial charge in [0.25, 0.3) is 0 Å². The van der Waals surface area contributed by atoms with Crippen LogP contribution in [-0.4, -0.2) is 24.1 Å². The summed E-state index contributed by atoms with van der Waals surface area (Å²) in [7, 11) is 0. The molecule has 0 aromatic heterocycles. The number of esters is 1. The Morgan fingerprint density at radius 2 is 2.20 bits per heavy atom. The summed E-state index contributed by atoms with van der Waals surface area (Å²) in [6.45, 7) is 2.15. The molecule has 2 N–H and O–H groups in total. The quantitative estimate of drug-likeness (QED) is 0.337. The van der Waals surface area contributed by atoms with Crippen LogP contribution in [0.5, 0.6) is 5.75 Å². The highest BCUT2D eigenvalue weighted by atomic mass is 16.6. The molecule has 0 saturated carbocycles. The number of nitrogens with zero attached hydrogens (tertiary/aromatic N) is 1. The number of nitro benzene ring substituents is 1. The molecule has 7 nitrogen and oxygen atoms in total. The molecule has 20 heavy (non-hydrogen) atoms. The fraction of sp³-hybridized carbons (Fsp3) is 0.462. The molecule has 0 spiro atoms. The highest BCUT2D eigenvalue weighted by Gasteiger charge is 2.17. The number of carbonyl (C=O) groups excluding carboxylic acids is 1. The van der Waals surface area contributed by atoms with Crippen LogP contribution in [0, 0.1) is 10.1 Å². The zero-order chi connectivity index (χ0) is 15.0. The van der Waals surface area contributed by atoms with Gasteiger partial charge in [-0.1, -0.05) is 19.4 Å². The van der Waals surface area contributed by atoms with E-state index in [0.717, 1.165) is 12.8 Å². The first-order chi connectivity index (χ1) is 9.58. The van der Waals surface area contributed by atoms with Gasteiger partial charge in [0, 0.05) is 12.6 Å². The van der Waals surface area contributed by atoms with Gasteiger partial charge in [-0.05, 0) is 18.1 Å². The molecule has 110 valence electrons. The Labute approximate surface area is 116 Å². The van der Waals surface area contributed by atoms with Crippen molar-refractivity contribution in [2.45, 2.75) is 26.3 Å². The minimum atomic E-state index is -0.573. The summed E-state index contributed by atoms with van der Waals surface area (Å²) in [5, 5.41) is 10.9. The predicted molar refractivity (Wildman–Crippen MR) is 72.3 cm³/mol. The Balaban J connectivity index is 2.63. The molecular weight excluding hydrogens is 264 g/mol. The fourth-order valence-electron chi connectivity index (χ4n) is 1.46. The standard InChI is InChI=1S/C13H18N2O5/c1-2-3-6-19-13(16)9-20-12-5-4-10(8-14)7-11(12)15(17)18/h4-5,7H,2-3,6,8-9,14H2,1H3. The van der Waals surface area contributed by atoms with Crippen LogP contribution >= 0.6 is 0 Å². The third-order valence-corrected chi connectivity index (χ3v) is 2.56. The Bertz CT molecular complexity index is 476. The molecule has 0 atom stereocenters. The number of hydrogen-bond donors (Lipinski definition) is 1. The first-order valence-electron chi connectivity index (χ1n) is 6.34. The summed E-state index contributed by atoms with van der Waals surface area (Å²) in [6.07, 6.45) is 1.69. The van der Waals surface area contributed by atoms with E-state index < -0.39 is 10.9 Å². The summed E-state index contributed by atoms with van der Waals surface area (Å²) in [5.74, 6) is -0.518. The topological polar surface area (TPSA) is 105 Å². The van der Waals surface area contributed by atoms with Crippen LogP contribution in [0.2, 0.25) is 0 Å². The molecule has 0 aliphatic heterocycles. The van der Waals surface area contributed by atoms with Crippen molar-refractivity contribution < 1.29 is 19.2 Å². The lowest BCUT2D eigenvalue weighted by atomic mass is 10.2. The normalized spacial score (nSPS) is 10.1. The molecule has 0 radical (unpaired) electrons. The van der Waals surface area contributed by atoms with Crippen molar-refractivity contribution in [1.29, 1.82) is 0 Å². The second-order valence-corrected chi connectivity index (χ2v) is 4.13. The zero-order valence-corrected chi connectivity index (χ0v) is 11.3. The summed E-state index contributed by atoms with van der Waals surface area (Å²) >= 11 is 0. The smallest absolute Gasteiger partial charge is 0.344 e. The number of nitro groups is 1. The largest absolute Gasteiger partial charge is 0.475 e. The summed E-state index contributed by atoms with van der Waals surface area (Å²) in [5.41, 5.74) is 5.83. The van der Waals surface area contributed by atoms with E-state index in [-0.39, 0.29) is 24.6 Å². The van der Waals surface area contributed by atoms with Crippen molar-refractivity contribution in [1.82, 2.24) is 0 Å². The van der Waals surface area contributed by atoms with Crippen LogP contribution < -0.4 is 10.5 Å². The highest BCUT2D eigenvalue weighted by molar-refractivity contribution is 5.71. The Morgan fingerprint density at radius 3 is 2.80 bits per heavy atom. The lowest BCUT2D eigenvalue weighted by molar-refractivity contribution is -0.385. The van der Waals surface area contributed by atoms with E-state index in [2.05, 4.69) is 0 Å². The number of benzene rings is 1. The molecule has 1 rings (SSSR count). The first-order valence-corrected chi connectivity index (χ1v) is 6.34. The predicted octanol–water partition coefficient (Wildman–Crippen LogP) is 1.78. The monoisotopic (exact) mass is 282 g/mol. The van der Waals surface area contributed by atoms with E-state index in [1.807, 2.05) is 6.92 Å². The van der Waals surface area contributed by atoms with Gasteiger partial charge in [-0.25, -0.2) is 4.79 Å². The average Bonchev–Trinajstić information content (AvgIpc) is 2.45.